The van der Waals surface area contributed by atoms with Crippen LogP contribution in [0.5, 0.6) is 0 Å². The first kappa shape index (κ1) is 15.6. The molecule has 0 aliphatic carbocycles. The molecule has 0 aromatic heterocycles. The molecule has 21 heavy (non-hydrogen) atoms. The Balaban J connectivity index is 2.16. The van der Waals surface area contributed by atoms with Crippen LogP contribution in [0.15, 0.2) is 24.3 Å². The average Bonchev–Trinajstić information content (AvgIpc) is 2.41. The molecule has 1 aromatic rings. The van der Waals surface area contributed by atoms with E-state index in [0.29, 0.717) is 13.2 Å². The summed E-state index contributed by atoms with van der Waals surface area (Å²) in [6.07, 6.45) is -4.64. The number of morpholine rings is 1. The lowest BCUT2D eigenvalue weighted by atomic mass is 10.1. The van der Waals surface area contributed by atoms with E-state index in [-0.39, 0.29) is 17.8 Å². The van der Waals surface area contributed by atoms with Crippen molar-refractivity contribution in [2.75, 3.05) is 18.5 Å². The number of carbonyl (C=O) groups is 1. The number of ether oxygens (including phenoxy) is 1. The van der Waals surface area contributed by atoms with Crippen molar-refractivity contribution in [2.45, 2.75) is 32.2 Å². The summed E-state index contributed by atoms with van der Waals surface area (Å²) in [7, 11) is 0. The van der Waals surface area contributed by atoms with Gasteiger partial charge in [-0.15, -0.1) is 0 Å². The fourth-order valence-corrected chi connectivity index (χ4v) is 2.21. The van der Waals surface area contributed by atoms with Crippen molar-refractivity contribution < 1.29 is 22.7 Å². The van der Waals surface area contributed by atoms with Crippen LogP contribution in [-0.2, 0) is 10.9 Å². The fraction of sp³-hybridized carbons (Fsp3) is 0.500. The molecule has 116 valence electrons. The molecule has 1 saturated heterocycles. The number of anilines is 1. The summed E-state index contributed by atoms with van der Waals surface area (Å²) >= 11 is 0. The van der Waals surface area contributed by atoms with Gasteiger partial charge in [0, 0.05) is 6.54 Å². The summed E-state index contributed by atoms with van der Waals surface area (Å²) in [5.74, 6) is 0. The zero-order valence-corrected chi connectivity index (χ0v) is 11.8. The van der Waals surface area contributed by atoms with Gasteiger partial charge in [0.1, 0.15) is 0 Å². The number of hydrogen-bond acceptors (Lipinski definition) is 2. The second-order valence-corrected chi connectivity index (χ2v) is 5.12. The Labute approximate surface area is 120 Å². The van der Waals surface area contributed by atoms with Gasteiger partial charge < -0.3 is 15.0 Å². The summed E-state index contributed by atoms with van der Waals surface area (Å²) in [4.78, 5) is 13.7. The molecule has 1 heterocycles. The molecule has 1 aromatic carbocycles. The predicted octanol–water partition coefficient (Wildman–Crippen LogP) is 3.35. The van der Waals surface area contributed by atoms with Crippen molar-refractivity contribution in [2.24, 2.45) is 0 Å². The van der Waals surface area contributed by atoms with E-state index in [9.17, 15) is 18.0 Å². The Bertz CT molecular complexity index is 519. The van der Waals surface area contributed by atoms with Gasteiger partial charge in [0.05, 0.1) is 30.0 Å². The number of para-hydroxylation sites is 1. The first-order chi connectivity index (χ1) is 9.79. The minimum absolute atomic E-state index is 0.134. The van der Waals surface area contributed by atoms with E-state index in [2.05, 4.69) is 5.32 Å². The van der Waals surface area contributed by atoms with Crippen molar-refractivity contribution >= 4 is 11.7 Å². The van der Waals surface area contributed by atoms with Gasteiger partial charge in [-0.25, -0.2) is 4.79 Å². The number of rotatable bonds is 1. The second-order valence-electron chi connectivity index (χ2n) is 5.12. The van der Waals surface area contributed by atoms with Crippen LogP contribution in [0.2, 0.25) is 0 Å². The monoisotopic (exact) mass is 302 g/mol. The van der Waals surface area contributed by atoms with Crippen LogP contribution in [0.1, 0.15) is 19.4 Å². The van der Waals surface area contributed by atoms with Gasteiger partial charge in [-0.3, -0.25) is 0 Å². The van der Waals surface area contributed by atoms with Gasteiger partial charge in [-0.2, -0.15) is 13.2 Å². The number of nitrogens with zero attached hydrogens (tertiary/aromatic N) is 1. The number of hydrogen-bond donors (Lipinski definition) is 1. The van der Waals surface area contributed by atoms with E-state index in [1.807, 2.05) is 6.92 Å². The number of benzene rings is 1. The quantitative estimate of drug-likeness (QED) is 0.864. The molecule has 1 aliphatic heterocycles. The van der Waals surface area contributed by atoms with E-state index in [4.69, 9.17) is 4.74 Å². The lowest BCUT2D eigenvalue weighted by molar-refractivity contribution is -0.136. The van der Waals surface area contributed by atoms with Gasteiger partial charge in [-0.05, 0) is 26.0 Å². The standard InChI is InChI=1S/C14H17F3N2O2/c1-9-8-21-10(2)7-19(9)13(20)18-12-6-4-3-5-11(12)14(15,16)17/h3-6,9-10H,7-8H2,1-2H3,(H,18,20)/t9-,10+/m1/s1. The summed E-state index contributed by atoms with van der Waals surface area (Å²) in [6.45, 7) is 4.33. The minimum Gasteiger partial charge on any atom is -0.375 e. The molecule has 2 atom stereocenters. The highest BCUT2D eigenvalue weighted by atomic mass is 19.4. The summed E-state index contributed by atoms with van der Waals surface area (Å²) in [5, 5.41) is 2.35. The zero-order chi connectivity index (χ0) is 15.6. The Morgan fingerprint density at radius 1 is 1.33 bits per heavy atom. The highest BCUT2D eigenvalue weighted by Gasteiger charge is 2.34. The molecule has 0 radical (unpaired) electrons. The van der Waals surface area contributed by atoms with Gasteiger partial charge in [-0.1, -0.05) is 12.1 Å². The maximum Gasteiger partial charge on any atom is 0.418 e. The summed E-state index contributed by atoms with van der Waals surface area (Å²) < 4.78 is 44.1. The molecular formula is C14H17F3N2O2. The summed E-state index contributed by atoms with van der Waals surface area (Å²) in [5.41, 5.74) is -1.09. The van der Waals surface area contributed by atoms with E-state index >= 15 is 0 Å². The van der Waals surface area contributed by atoms with Gasteiger partial charge in [0.25, 0.3) is 0 Å². The van der Waals surface area contributed by atoms with Crippen LogP contribution in [-0.4, -0.2) is 36.2 Å². The average molecular weight is 302 g/mol. The lowest BCUT2D eigenvalue weighted by Gasteiger charge is -2.36. The third kappa shape index (κ3) is 3.66. The van der Waals surface area contributed by atoms with Crippen LogP contribution in [0.3, 0.4) is 0 Å². The number of nitrogens with one attached hydrogen (secondary N) is 1. The zero-order valence-electron chi connectivity index (χ0n) is 11.8. The van der Waals surface area contributed by atoms with E-state index < -0.39 is 17.8 Å². The highest BCUT2D eigenvalue weighted by Crippen LogP contribution is 2.34. The third-order valence-electron chi connectivity index (χ3n) is 3.34. The second kappa shape index (κ2) is 5.93. The van der Waals surface area contributed by atoms with E-state index in [0.717, 1.165) is 6.07 Å². The Kier molecular flexibility index (Phi) is 4.41. The molecule has 0 spiro atoms. The lowest BCUT2D eigenvalue weighted by Crippen LogP contribution is -2.51. The maximum atomic E-state index is 12.9. The van der Waals surface area contributed by atoms with Crippen molar-refractivity contribution in [3.05, 3.63) is 29.8 Å². The third-order valence-corrected chi connectivity index (χ3v) is 3.34. The highest BCUT2D eigenvalue weighted by molar-refractivity contribution is 5.90. The normalized spacial score (nSPS) is 23.0. The van der Waals surface area contributed by atoms with Gasteiger partial charge in [0.2, 0.25) is 0 Å². The molecule has 2 amide bonds. The number of carbonyl (C=O) groups excluding carboxylic acids is 1. The first-order valence-electron chi connectivity index (χ1n) is 6.64. The molecule has 0 saturated carbocycles. The van der Waals surface area contributed by atoms with Gasteiger partial charge >= 0.3 is 12.2 Å². The molecule has 1 aliphatic rings. The van der Waals surface area contributed by atoms with Crippen LogP contribution < -0.4 is 5.32 Å². The minimum atomic E-state index is -4.51. The molecule has 1 fully saturated rings. The van der Waals surface area contributed by atoms with Crippen LogP contribution >= 0.6 is 0 Å². The molecule has 1 N–H and O–H groups in total. The predicted molar refractivity (Wildman–Crippen MR) is 72.0 cm³/mol. The van der Waals surface area contributed by atoms with Crippen molar-refractivity contribution in [1.82, 2.24) is 4.90 Å². The molecule has 0 bridgehead atoms. The van der Waals surface area contributed by atoms with Crippen LogP contribution in [0.25, 0.3) is 0 Å². The largest absolute Gasteiger partial charge is 0.418 e. The first-order valence-corrected chi connectivity index (χ1v) is 6.64. The fourth-order valence-electron chi connectivity index (χ4n) is 2.21. The van der Waals surface area contributed by atoms with Crippen LogP contribution in [0, 0.1) is 0 Å². The number of alkyl halides is 3. The topological polar surface area (TPSA) is 41.6 Å². The van der Waals surface area contributed by atoms with E-state index in [1.54, 1.807) is 6.92 Å². The SMILES string of the molecule is C[C@@H]1CO[C@@H](C)CN1C(=O)Nc1ccccc1C(F)(F)F. The molecule has 4 nitrogen and oxygen atoms in total. The van der Waals surface area contributed by atoms with Crippen molar-refractivity contribution in [3.8, 4) is 0 Å². The molecule has 0 unspecified atom stereocenters. The summed E-state index contributed by atoms with van der Waals surface area (Å²) in [6, 6.07) is 4.21. The van der Waals surface area contributed by atoms with E-state index in [1.165, 1.54) is 23.1 Å². The molecule has 7 heteroatoms. The molecule has 2 rings (SSSR count). The Hall–Kier alpha value is -1.76. The van der Waals surface area contributed by atoms with Crippen molar-refractivity contribution in [3.63, 3.8) is 0 Å². The smallest absolute Gasteiger partial charge is 0.375 e. The number of urea groups is 1. The van der Waals surface area contributed by atoms with Crippen molar-refractivity contribution in [1.29, 1.82) is 0 Å². The van der Waals surface area contributed by atoms with Crippen LogP contribution in [0.4, 0.5) is 23.7 Å². The number of halogens is 3. The van der Waals surface area contributed by atoms with Gasteiger partial charge in [0.15, 0.2) is 0 Å². The molecular weight excluding hydrogens is 285 g/mol. The number of amides is 2. The Morgan fingerprint density at radius 2 is 2.00 bits per heavy atom. The Morgan fingerprint density at radius 3 is 2.67 bits per heavy atom. The maximum absolute atomic E-state index is 12.9.